The van der Waals surface area contributed by atoms with E-state index in [2.05, 4.69) is 10.8 Å². The molecule has 0 N–H and O–H groups in total. The van der Waals surface area contributed by atoms with Crippen molar-refractivity contribution >= 4 is 5.97 Å². The molecule has 1 rings (SSSR count). The van der Waals surface area contributed by atoms with Crippen LogP contribution in [-0.2, 0) is 4.74 Å². The zero-order chi connectivity index (χ0) is 8.97. The number of halogens is 1. The van der Waals surface area contributed by atoms with Gasteiger partial charge >= 0.3 is 5.97 Å². The molecule has 0 atom stereocenters. The highest BCUT2D eigenvalue weighted by Gasteiger charge is 2.10. The van der Waals surface area contributed by atoms with Gasteiger partial charge in [-0.15, -0.1) is 0 Å². The van der Waals surface area contributed by atoms with E-state index in [-0.39, 0.29) is 12.2 Å². The van der Waals surface area contributed by atoms with Crippen LogP contribution in [-0.4, -0.2) is 12.6 Å². The van der Waals surface area contributed by atoms with E-state index < -0.39 is 11.8 Å². The average molecular weight is 167 g/mol. The van der Waals surface area contributed by atoms with E-state index in [9.17, 15) is 9.18 Å². The summed E-state index contributed by atoms with van der Waals surface area (Å²) < 4.78 is 17.5. The number of benzene rings is 1. The molecular weight excluding hydrogens is 159 g/mol. The Bertz CT molecular complexity index is 284. The monoisotopic (exact) mass is 167 g/mol. The molecule has 0 spiro atoms. The van der Waals surface area contributed by atoms with Crippen LogP contribution in [0.1, 0.15) is 17.3 Å². The molecule has 0 heterocycles. The lowest BCUT2D eigenvalue weighted by Gasteiger charge is -2.01. The van der Waals surface area contributed by atoms with Gasteiger partial charge in [-0.25, -0.2) is 9.18 Å². The van der Waals surface area contributed by atoms with Crippen LogP contribution >= 0.6 is 0 Å². The van der Waals surface area contributed by atoms with Crippen molar-refractivity contribution in [1.29, 1.82) is 0 Å². The second-order valence-corrected chi connectivity index (χ2v) is 2.13. The van der Waals surface area contributed by atoms with Crippen molar-refractivity contribution in [2.45, 2.75) is 6.92 Å². The molecule has 0 amide bonds. The molecule has 0 aliphatic carbocycles. The lowest BCUT2D eigenvalue weighted by Crippen LogP contribution is -2.06. The van der Waals surface area contributed by atoms with Crippen molar-refractivity contribution in [2.75, 3.05) is 6.61 Å². The van der Waals surface area contributed by atoms with E-state index in [1.54, 1.807) is 6.92 Å². The van der Waals surface area contributed by atoms with Gasteiger partial charge in [0.2, 0.25) is 0 Å². The molecule has 0 aliphatic heterocycles. The van der Waals surface area contributed by atoms with E-state index in [4.69, 9.17) is 0 Å². The van der Waals surface area contributed by atoms with E-state index >= 15 is 0 Å². The van der Waals surface area contributed by atoms with Crippen molar-refractivity contribution in [3.8, 4) is 0 Å². The molecule has 0 bridgehead atoms. The minimum Gasteiger partial charge on any atom is -0.462 e. The van der Waals surface area contributed by atoms with Gasteiger partial charge in [-0.2, -0.15) is 0 Å². The Balaban J connectivity index is 2.87. The number of carbonyl (C=O) groups is 1. The third-order valence-electron chi connectivity index (χ3n) is 1.31. The van der Waals surface area contributed by atoms with E-state index in [0.29, 0.717) is 0 Å². The van der Waals surface area contributed by atoms with E-state index in [0.717, 1.165) is 0 Å². The summed E-state index contributed by atoms with van der Waals surface area (Å²) in [6, 6.07) is 6.45. The molecular formula is C9H8FO2. The number of hydrogen-bond donors (Lipinski definition) is 0. The highest BCUT2D eigenvalue weighted by atomic mass is 19.1. The second-order valence-electron chi connectivity index (χ2n) is 2.13. The number of hydrogen-bond acceptors (Lipinski definition) is 2. The predicted octanol–water partition coefficient (Wildman–Crippen LogP) is 1.80. The van der Waals surface area contributed by atoms with Crippen molar-refractivity contribution in [3.05, 3.63) is 35.6 Å². The van der Waals surface area contributed by atoms with Crippen LogP contribution in [0, 0.1) is 11.9 Å². The largest absolute Gasteiger partial charge is 0.462 e. The minimum atomic E-state index is -0.646. The van der Waals surface area contributed by atoms with Gasteiger partial charge in [0.25, 0.3) is 0 Å². The quantitative estimate of drug-likeness (QED) is 0.628. The molecule has 3 heteroatoms. The van der Waals surface area contributed by atoms with Crippen molar-refractivity contribution in [3.63, 3.8) is 0 Å². The van der Waals surface area contributed by atoms with Crippen LogP contribution in [0.4, 0.5) is 4.39 Å². The highest BCUT2D eigenvalue weighted by molar-refractivity contribution is 5.89. The SMILES string of the molecule is CCOC(=O)c1c[c]ccc1F. The maximum Gasteiger partial charge on any atom is 0.341 e. The first-order chi connectivity index (χ1) is 5.75. The number of ether oxygens (including phenoxy) is 1. The Labute approximate surface area is 70.0 Å². The summed E-state index contributed by atoms with van der Waals surface area (Å²) in [7, 11) is 0. The Hall–Kier alpha value is -1.38. The zero-order valence-electron chi connectivity index (χ0n) is 6.63. The first-order valence-corrected chi connectivity index (χ1v) is 3.58. The van der Waals surface area contributed by atoms with Gasteiger partial charge in [0.05, 0.1) is 12.2 Å². The van der Waals surface area contributed by atoms with Gasteiger partial charge in [-0.3, -0.25) is 0 Å². The van der Waals surface area contributed by atoms with Gasteiger partial charge in [-0.1, -0.05) is 6.07 Å². The molecule has 0 aromatic heterocycles. The lowest BCUT2D eigenvalue weighted by molar-refractivity contribution is 0.0521. The predicted molar refractivity (Wildman–Crippen MR) is 41.2 cm³/mol. The normalized spacial score (nSPS) is 9.50. The Morgan fingerprint density at radius 2 is 2.50 bits per heavy atom. The smallest absolute Gasteiger partial charge is 0.341 e. The Morgan fingerprint density at radius 1 is 1.75 bits per heavy atom. The van der Waals surface area contributed by atoms with Crippen LogP contribution in [0.25, 0.3) is 0 Å². The number of rotatable bonds is 2. The number of esters is 1. The molecule has 1 radical (unpaired) electrons. The first-order valence-electron chi connectivity index (χ1n) is 3.58. The van der Waals surface area contributed by atoms with E-state index in [1.807, 2.05) is 0 Å². The summed E-state index contributed by atoms with van der Waals surface area (Å²) in [6.07, 6.45) is 0. The maximum atomic E-state index is 12.8. The highest BCUT2D eigenvalue weighted by Crippen LogP contribution is 2.06. The topological polar surface area (TPSA) is 26.3 Å². The fourth-order valence-corrected chi connectivity index (χ4v) is 0.777. The van der Waals surface area contributed by atoms with Crippen molar-refractivity contribution in [2.24, 2.45) is 0 Å². The summed E-state index contributed by atoms with van der Waals surface area (Å²) in [4.78, 5) is 11.0. The third kappa shape index (κ3) is 1.81. The maximum absolute atomic E-state index is 12.8. The summed E-state index contributed by atoms with van der Waals surface area (Å²) in [5.74, 6) is -1.22. The van der Waals surface area contributed by atoms with Crippen molar-refractivity contribution in [1.82, 2.24) is 0 Å². The fraction of sp³-hybridized carbons (Fsp3) is 0.222. The standard InChI is InChI=1S/C9H8FO2/c1-2-12-9(11)7-5-3-4-6-8(7)10/h4-6H,2H2,1H3. The molecule has 1 aromatic rings. The zero-order valence-corrected chi connectivity index (χ0v) is 6.63. The van der Waals surface area contributed by atoms with Crippen LogP contribution in [0.3, 0.4) is 0 Å². The Kier molecular flexibility index (Phi) is 2.80. The van der Waals surface area contributed by atoms with Gasteiger partial charge < -0.3 is 4.74 Å². The molecule has 1 aromatic carbocycles. The van der Waals surface area contributed by atoms with Crippen LogP contribution < -0.4 is 0 Å². The summed E-state index contributed by atoms with van der Waals surface area (Å²) in [6.45, 7) is 1.91. The van der Waals surface area contributed by atoms with Gasteiger partial charge in [0.1, 0.15) is 5.82 Å². The molecule has 0 saturated heterocycles. The molecule has 0 saturated carbocycles. The first kappa shape index (κ1) is 8.71. The minimum absolute atomic E-state index is 0.0700. The molecule has 12 heavy (non-hydrogen) atoms. The van der Waals surface area contributed by atoms with Gasteiger partial charge in [0.15, 0.2) is 0 Å². The van der Waals surface area contributed by atoms with Gasteiger partial charge in [-0.05, 0) is 25.1 Å². The molecule has 0 aliphatic rings. The number of carbonyl (C=O) groups excluding carboxylic acids is 1. The van der Waals surface area contributed by atoms with Crippen LogP contribution in [0.5, 0.6) is 0 Å². The summed E-state index contributed by atoms with van der Waals surface area (Å²) in [5, 5.41) is 0. The fourth-order valence-electron chi connectivity index (χ4n) is 0.777. The summed E-state index contributed by atoms with van der Waals surface area (Å²) in [5.41, 5.74) is -0.0700. The van der Waals surface area contributed by atoms with Crippen LogP contribution in [0.2, 0.25) is 0 Å². The third-order valence-corrected chi connectivity index (χ3v) is 1.31. The summed E-state index contributed by atoms with van der Waals surface area (Å²) >= 11 is 0. The lowest BCUT2D eigenvalue weighted by atomic mass is 10.2. The molecule has 2 nitrogen and oxygen atoms in total. The Morgan fingerprint density at radius 3 is 3.08 bits per heavy atom. The van der Waals surface area contributed by atoms with Crippen LogP contribution in [0.15, 0.2) is 18.2 Å². The molecule has 0 fully saturated rings. The van der Waals surface area contributed by atoms with Crippen molar-refractivity contribution < 1.29 is 13.9 Å². The average Bonchev–Trinajstić information content (AvgIpc) is 2.05. The molecule has 0 unspecified atom stereocenters. The van der Waals surface area contributed by atoms with Gasteiger partial charge in [0, 0.05) is 0 Å². The molecule has 63 valence electrons. The second kappa shape index (κ2) is 3.85. The van der Waals surface area contributed by atoms with E-state index in [1.165, 1.54) is 18.2 Å².